The number of hydrogen-bond donors (Lipinski definition) is 0. The van der Waals surface area contributed by atoms with Crippen molar-refractivity contribution >= 4 is 33.6 Å². The van der Waals surface area contributed by atoms with Crippen LogP contribution in [0.3, 0.4) is 0 Å². The molecule has 0 spiro atoms. The van der Waals surface area contributed by atoms with Crippen LogP contribution < -0.4 is 4.74 Å². The van der Waals surface area contributed by atoms with Crippen molar-refractivity contribution in [2.75, 3.05) is 7.11 Å². The molecule has 7 rings (SSSR count). The number of ether oxygens (including phenoxy) is 1. The Morgan fingerprint density at radius 3 is 1.86 bits per heavy atom. The topological polar surface area (TPSA) is 105 Å². The zero-order valence-corrected chi connectivity index (χ0v) is 36.1. The summed E-state index contributed by atoms with van der Waals surface area (Å²) in [4.78, 5) is 29.2. The molecule has 9 heteroatoms. The summed E-state index contributed by atoms with van der Waals surface area (Å²) >= 11 is 0. The van der Waals surface area contributed by atoms with Gasteiger partial charge in [-0.25, -0.2) is 0 Å². The van der Waals surface area contributed by atoms with Gasteiger partial charge in [0, 0.05) is 59.9 Å². The van der Waals surface area contributed by atoms with Crippen molar-refractivity contribution in [2.45, 2.75) is 82.6 Å². The maximum absolute atomic E-state index is 12.5. The number of fused-ring (bicyclic) bond motifs is 2. The lowest BCUT2D eigenvalue weighted by atomic mass is 9.89. The largest absolute Gasteiger partial charge is 0.496 e. The van der Waals surface area contributed by atoms with Gasteiger partial charge < -0.3 is 22.8 Å². The van der Waals surface area contributed by atoms with E-state index in [2.05, 4.69) is 75.1 Å². The highest BCUT2D eigenvalue weighted by molar-refractivity contribution is 6.03. The molecule has 0 amide bonds. The van der Waals surface area contributed by atoms with Crippen LogP contribution in [0, 0.1) is 30.1 Å². The third kappa shape index (κ3) is 10.0. The van der Waals surface area contributed by atoms with E-state index in [0.29, 0.717) is 17.4 Å². The molecule has 0 aliphatic rings. The Morgan fingerprint density at radius 2 is 1.28 bits per heavy atom. The molecule has 7 aromatic rings. The zero-order chi connectivity index (χ0) is 42.0. The summed E-state index contributed by atoms with van der Waals surface area (Å²) in [6, 6.07) is 28.0. The molecular weight excluding hydrogens is 713 g/mol. The number of para-hydroxylation sites is 1. The quantitative estimate of drug-likeness (QED) is 0.155. The first-order chi connectivity index (χ1) is 26.6. The molecule has 0 saturated carbocycles. The highest BCUT2D eigenvalue weighted by atomic mass is 16.5. The molecule has 0 saturated heterocycles. The Hall–Kier alpha value is -5.70. The minimum absolute atomic E-state index is 0.123. The van der Waals surface area contributed by atoms with Crippen molar-refractivity contribution in [3.63, 3.8) is 0 Å². The number of aryl methyl sites for hydroxylation is 4. The fraction of sp³-hybridized carbons (Fsp3) is 0.375. The van der Waals surface area contributed by atoms with Gasteiger partial charge in [-0.05, 0) is 49.6 Å². The van der Waals surface area contributed by atoms with E-state index < -0.39 is 5.41 Å². The average molecular weight is 771 g/mol. The van der Waals surface area contributed by atoms with Crippen molar-refractivity contribution in [3.05, 3.63) is 113 Å². The molecule has 0 aliphatic carbocycles. The first-order valence-corrected chi connectivity index (χ1v) is 19.4. The Bertz CT molecular complexity index is 2500. The molecule has 0 atom stereocenters. The number of benzene rings is 3. The maximum atomic E-state index is 12.5. The van der Waals surface area contributed by atoms with Gasteiger partial charge in [0.25, 0.3) is 0 Å². The summed E-state index contributed by atoms with van der Waals surface area (Å²) in [5.74, 6) is 3.12. The number of aromatic nitrogens is 4. The minimum Gasteiger partial charge on any atom is -0.496 e. The number of furan rings is 1. The number of rotatable bonds is 6. The van der Waals surface area contributed by atoms with Gasteiger partial charge in [-0.3, -0.25) is 9.59 Å². The summed E-state index contributed by atoms with van der Waals surface area (Å²) in [6.07, 6.45) is 0.759. The number of methoxy groups -OCH3 is 1. The number of ketones is 2. The van der Waals surface area contributed by atoms with E-state index in [1.54, 1.807) is 7.11 Å². The van der Waals surface area contributed by atoms with Crippen LogP contribution in [0.15, 0.2) is 93.9 Å². The van der Waals surface area contributed by atoms with Gasteiger partial charge in [-0.1, -0.05) is 121 Å². The van der Waals surface area contributed by atoms with E-state index >= 15 is 0 Å². The highest BCUT2D eigenvalue weighted by Crippen LogP contribution is 2.33. The van der Waals surface area contributed by atoms with Crippen molar-refractivity contribution in [3.8, 4) is 28.5 Å². The van der Waals surface area contributed by atoms with E-state index in [4.69, 9.17) is 13.7 Å². The second-order valence-corrected chi connectivity index (χ2v) is 18.1. The van der Waals surface area contributed by atoms with Crippen molar-refractivity contribution in [1.29, 1.82) is 0 Å². The SMILES string of the molecule is COc1ccccc1-c1noc(CC(C)(C)C)n1.Cc1ccc(-c2cc3c(cc(C(=O)C(C)(C)C)n3C)o2)cc1.Cc1ccc2c(c1)cc(C(=O)C(C)(C)C)n2C. The normalized spacial score (nSPS) is 11.9. The molecule has 4 aromatic heterocycles. The van der Waals surface area contributed by atoms with E-state index in [1.807, 2.05) is 119 Å². The monoisotopic (exact) mass is 770 g/mol. The first-order valence-electron chi connectivity index (χ1n) is 19.4. The summed E-state index contributed by atoms with van der Waals surface area (Å²) in [7, 11) is 5.50. The van der Waals surface area contributed by atoms with Crippen molar-refractivity contribution in [1.82, 2.24) is 19.3 Å². The average Bonchev–Trinajstić information content (AvgIpc) is 3.91. The third-order valence-electron chi connectivity index (χ3n) is 9.59. The van der Waals surface area contributed by atoms with Crippen LogP contribution in [0.2, 0.25) is 0 Å². The molecule has 0 radical (unpaired) electrons. The molecule has 3 aromatic carbocycles. The van der Waals surface area contributed by atoms with Gasteiger partial charge in [0.05, 0.1) is 29.6 Å². The Labute approximate surface area is 337 Å². The lowest BCUT2D eigenvalue weighted by Gasteiger charge is -2.16. The molecule has 0 bridgehead atoms. The Kier molecular flexibility index (Phi) is 12.2. The fourth-order valence-electron chi connectivity index (χ4n) is 6.36. The van der Waals surface area contributed by atoms with Crippen LogP contribution in [0.25, 0.3) is 44.7 Å². The maximum Gasteiger partial charge on any atom is 0.227 e. The van der Waals surface area contributed by atoms with Crippen LogP contribution in [-0.2, 0) is 20.5 Å². The van der Waals surface area contributed by atoms with Crippen LogP contribution in [0.4, 0.5) is 0 Å². The number of nitrogens with zero attached hydrogens (tertiary/aromatic N) is 4. The molecule has 57 heavy (non-hydrogen) atoms. The molecule has 9 nitrogen and oxygen atoms in total. The molecule has 0 N–H and O–H groups in total. The third-order valence-corrected chi connectivity index (χ3v) is 9.59. The minimum atomic E-state index is -0.399. The van der Waals surface area contributed by atoms with Gasteiger partial charge in [-0.2, -0.15) is 4.98 Å². The lowest BCUT2D eigenvalue weighted by molar-refractivity contribution is 0.0844. The van der Waals surface area contributed by atoms with Gasteiger partial charge in [0.2, 0.25) is 11.7 Å². The van der Waals surface area contributed by atoms with Crippen LogP contribution in [-0.4, -0.2) is 38.0 Å². The Balaban J connectivity index is 0.000000165. The summed E-state index contributed by atoms with van der Waals surface area (Å²) in [5.41, 5.74) is 8.03. The van der Waals surface area contributed by atoms with Crippen LogP contribution in [0.5, 0.6) is 5.75 Å². The predicted octanol–water partition coefficient (Wildman–Crippen LogP) is 12.0. The second-order valence-electron chi connectivity index (χ2n) is 18.1. The summed E-state index contributed by atoms with van der Waals surface area (Å²) in [6.45, 7) is 22.2. The number of hydrogen-bond acceptors (Lipinski definition) is 7. The number of Topliss-reactive ketones (excluding diaryl/α,β-unsaturated/α-hetero) is 2. The van der Waals surface area contributed by atoms with Crippen molar-refractivity contribution < 1.29 is 23.3 Å². The predicted molar refractivity (Wildman–Crippen MR) is 230 cm³/mol. The Morgan fingerprint density at radius 1 is 0.702 bits per heavy atom. The van der Waals surface area contributed by atoms with Gasteiger partial charge >= 0.3 is 0 Å². The molecule has 0 aliphatic heterocycles. The molecule has 4 heterocycles. The van der Waals surface area contributed by atoms with E-state index in [-0.39, 0.29) is 22.4 Å². The molecule has 0 unspecified atom stereocenters. The standard InChI is InChI=1S/C19H21NO2.C15H19NO.C14H18N2O2/c1-12-6-8-13(9-7-12)16-10-14-17(22-16)11-15(20(14)5)18(21)19(2,3)4;1-10-6-7-12-11(8-10)9-13(16(12)5)14(17)15(2,3)4;1-14(2,3)9-12-15-13(16-18-12)10-7-5-6-8-11(10)17-4/h6-11H,1-5H3;6-9H,1-5H3;5-8H,9H2,1-4H3. The molecule has 0 fully saturated rings. The lowest BCUT2D eigenvalue weighted by Crippen LogP contribution is -2.22. The van der Waals surface area contributed by atoms with E-state index in [0.717, 1.165) is 56.8 Å². The highest BCUT2D eigenvalue weighted by Gasteiger charge is 2.28. The van der Waals surface area contributed by atoms with Crippen LogP contribution in [0.1, 0.15) is 100 Å². The van der Waals surface area contributed by atoms with Gasteiger partial charge in [-0.15, -0.1) is 0 Å². The zero-order valence-electron chi connectivity index (χ0n) is 36.1. The molecule has 300 valence electrons. The smallest absolute Gasteiger partial charge is 0.227 e. The van der Waals surface area contributed by atoms with Gasteiger partial charge in [0.1, 0.15) is 11.5 Å². The van der Waals surface area contributed by atoms with E-state index in [9.17, 15) is 9.59 Å². The van der Waals surface area contributed by atoms with Gasteiger partial charge in [0.15, 0.2) is 17.1 Å². The number of carbonyl (C=O) groups excluding carboxylic acids is 2. The number of carbonyl (C=O) groups is 2. The summed E-state index contributed by atoms with van der Waals surface area (Å²) < 4.78 is 20.4. The summed E-state index contributed by atoms with van der Waals surface area (Å²) in [5, 5.41) is 5.15. The fourth-order valence-corrected chi connectivity index (χ4v) is 6.36. The van der Waals surface area contributed by atoms with Crippen LogP contribution >= 0.6 is 0 Å². The van der Waals surface area contributed by atoms with E-state index in [1.165, 1.54) is 11.1 Å². The van der Waals surface area contributed by atoms with Crippen molar-refractivity contribution in [2.24, 2.45) is 30.3 Å². The molecular formula is C48H58N4O5. The second kappa shape index (κ2) is 16.4. The first kappa shape index (κ1) is 42.4.